The summed E-state index contributed by atoms with van der Waals surface area (Å²) in [7, 11) is 0. The molecule has 0 saturated carbocycles. The second-order valence-electron chi connectivity index (χ2n) is 2.56. The van der Waals surface area contributed by atoms with Crippen LogP contribution in [0.3, 0.4) is 0 Å². The Hall–Kier alpha value is -0.610. The first-order valence-corrected chi connectivity index (χ1v) is 4.50. The molecule has 0 radical (unpaired) electrons. The van der Waals surface area contributed by atoms with Gasteiger partial charge in [0.05, 0.1) is 6.61 Å². The third-order valence-electron chi connectivity index (χ3n) is 1.55. The molecule has 1 aromatic heterocycles. The minimum Gasteiger partial charge on any atom is -0.488 e. The highest BCUT2D eigenvalue weighted by atomic mass is 79.9. The van der Waals surface area contributed by atoms with Gasteiger partial charge in [0, 0.05) is 6.20 Å². The van der Waals surface area contributed by atoms with E-state index in [2.05, 4.69) is 20.9 Å². The Morgan fingerprint density at radius 3 is 3.25 bits per heavy atom. The highest BCUT2D eigenvalue weighted by molar-refractivity contribution is 9.10. The first kappa shape index (κ1) is 8.01. The summed E-state index contributed by atoms with van der Waals surface area (Å²) in [4.78, 5) is 4.03. The monoisotopic (exact) mass is 229 g/mol. The molecule has 4 heteroatoms. The maximum absolute atomic E-state index is 5.43. The molecule has 1 unspecified atom stereocenters. The largest absolute Gasteiger partial charge is 0.488 e. The summed E-state index contributed by atoms with van der Waals surface area (Å²) in [6, 6.07) is 3.72. The molecule has 12 heavy (non-hydrogen) atoms. The highest BCUT2D eigenvalue weighted by Gasteiger charge is 2.23. The fourth-order valence-electron chi connectivity index (χ4n) is 0.826. The second-order valence-corrected chi connectivity index (χ2v) is 3.31. The van der Waals surface area contributed by atoms with Crippen LogP contribution in [-0.4, -0.2) is 24.3 Å². The predicted octanol–water partition coefficient (Wildman–Crippen LogP) is 1.62. The molecule has 0 spiro atoms. The zero-order valence-corrected chi connectivity index (χ0v) is 7.95. The smallest absolute Gasteiger partial charge is 0.152 e. The van der Waals surface area contributed by atoms with Gasteiger partial charge in [-0.15, -0.1) is 0 Å². The number of hydrogen-bond acceptors (Lipinski definition) is 3. The van der Waals surface area contributed by atoms with Crippen LogP contribution in [0.4, 0.5) is 0 Å². The first-order chi connectivity index (χ1) is 5.86. The lowest BCUT2D eigenvalue weighted by Crippen LogP contribution is -2.04. The number of rotatable bonds is 3. The number of halogens is 1. The molecule has 1 fully saturated rings. The Bertz CT molecular complexity index is 276. The van der Waals surface area contributed by atoms with Crippen molar-refractivity contribution in [1.29, 1.82) is 0 Å². The second kappa shape index (κ2) is 3.41. The molecule has 0 aliphatic carbocycles. The molecule has 1 aliphatic heterocycles. The summed E-state index contributed by atoms with van der Waals surface area (Å²) < 4.78 is 11.2. The summed E-state index contributed by atoms with van der Waals surface area (Å²) in [5.74, 6) is 0.771. The van der Waals surface area contributed by atoms with Crippen molar-refractivity contribution in [3.63, 3.8) is 0 Å². The lowest BCUT2D eigenvalue weighted by molar-refractivity contribution is 0.261. The summed E-state index contributed by atoms with van der Waals surface area (Å²) in [6.45, 7) is 1.43. The zero-order valence-electron chi connectivity index (χ0n) is 6.37. The molecule has 1 aromatic rings. The lowest BCUT2D eigenvalue weighted by atomic mass is 10.4. The predicted molar refractivity (Wildman–Crippen MR) is 47.2 cm³/mol. The molecule has 1 atom stereocenters. The topological polar surface area (TPSA) is 34.6 Å². The van der Waals surface area contributed by atoms with Crippen LogP contribution in [0.25, 0.3) is 0 Å². The Morgan fingerprint density at radius 1 is 1.75 bits per heavy atom. The standard InChI is InChI=1S/C8H8BrNO2/c9-8-7(2-1-3-10-8)12-5-6-4-11-6/h1-3,6H,4-5H2. The Kier molecular flexibility index (Phi) is 2.28. The van der Waals surface area contributed by atoms with Crippen LogP contribution in [0.1, 0.15) is 0 Å². The molecule has 3 nitrogen and oxygen atoms in total. The molecule has 64 valence electrons. The third-order valence-corrected chi connectivity index (χ3v) is 2.15. The molecular formula is C8H8BrNO2. The number of nitrogens with zero attached hydrogens (tertiary/aromatic N) is 1. The van der Waals surface area contributed by atoms with Crippen molar-refractivity contribution in [2.45, 2.75) is 6.10 Å². The molecule has 0 bridgehead atoms. The molecule has 1 aliphatic rings. The van der Waals surface area contributed by atoms with E-state index >= 15 is 0 Å². The van der Waals surface area contributed by atoms with Crippen LogP contribution in [0.5, 0.6) is 5.75 Å². The van der Waals surface area contributed by atoms with E-state index in [9.17, 15) is 0 Å². The molecule has 2 heterocycles. The lowest BCUT2D eigenvalue weighted by Gasteiger charge is -2.04. The number of aromatic nitrogens is 1. The summed E-state index contributed by atoms with van der Waals surface area (Å²) in [6.07, 6.45) is 2.00. The Labute approximate surface area is 78.8 Å². The number of ether oxygens (including phenoxy) is 2. The normalized spacial score (nSPS) is 20.6. The van der Waals surface area contributed by atoms with E-state index in [0.717, 1.165) is 17.0 Å². The molecule has 0 amide bonds. The zero-order chi connectivity index (χ0) is 8.39. The molecular weight excluding hydrogens is 222 g/mol. The summed E-state index contributed by atoms with van der Waals surface area (Å²) >= 11 is 3.29. The fraction of sp³-hybridized carbons (Fsp3) is 0.375. The van der Waals surface area contributed by atoms with Gasteiger partial charge in [-0.05, 0) is 28.1 Å². The fourth-order valence-corrected chi connectivity index (χ4v) is 1.19. The van der Waals surface area contributed by atoms with Gasteiger partial charge < -0.3 is 9.47 Å². The van der Waals surface area contributed by atoms with Crippen LogP contribution < -0.4 is 4.74 Å². The molecule has 0 N–H and O–H groups in total. The number of hydrogen-bond donors (Lipinski definition) is 0. The Morgan fingerprint density at radius 2 is 2.58 bits per heavy atom. The quantitative estimate of drug-likeness (QED) is 0.584. The van der Waals surface area contributed by atoms with E-state index in [0.29, 0.717) is 6.61 Å². The van der Waals surface area contributed by atoms with Gasteiger partial charge in [-0.3, -0.25) is 0 Å². The van der Waals surface area contributed by atoms with Gasteiger partial charge in [0.15, 0.2) is 5.75 Å². The van der Waals surface area contributed by atoms with Gasteiger partial charge >= 0.3 is 0 Å². The van der Waals surface area contributed by atoms with Crippen LogP contribution in [0.15, 0.2) is 22.9 Å². The van der Waals surface area contributed by atoms with Crippen molar-refractivity contribution in [3.8, 4) is 5.75 Å². The van der Waals surface area contributed by atoms with Gasteiger partial charge in [-0.2, -0.15) is 0 Å². The molecule has 1 saturated heterocycles. The summed E-state index contributed by atoms with van der Waals surface area (Å²) in [5.41, 5.74) is 0. The van der Waals surface area contributed by atoms with E-state index in [1.54, 1.807) is 6.20 Å². The van der Waals surface area contributed by atoms with Crippen LogP contribution in [0, 0.1) is 0 Å². The summed E-state index contributed by atoms with van der Waals surface area (Å²) in [5, 5.41) is 0. The van der Waals surface area contributed by atoms with E-state index in [1.165, 1.54) is 0 Å². The van der Waals surface area contributed by atoms with Crippen LogP contribution in [-0.2, 0) is 4.74 Å². The number of epoxide rings is 1. The van der Waals surface area contributed by atoms with Crippen molar-refractivity contribution < 1.29 is 9.47 Å². The molecule has 0 aromatic carbocycles. The van der Waals surface area contributed by atoms with Crippen LogP contribution in [0.2, 0.25) is 0 Å². The van der Waals surface area contributed by atoms with Crippen molar-refractivity contribution in [1.82, 2.24) is 4.98 Å². The minimum absolute atomic E-state index is 0.289. The van der Waals surface area contributed by atoms with Crippen molar-refractivity contribution in [2.75, 3.05) is 13.2 Å². The average molecular weight is 230 g/mol. The molecule has 2 rings (SSSR count). The van der Waals surface area contributed by atoms with Crippen molar-refractivity contribution >= 4 is 15.9 Å². The van der Waals surface area contributed by atoms with E-state index < -0.39 is 0 Å². The van der Waals surface area contributed by atoms with Crippen molar-refractivity contribution in [3.05, 3.63) is 22.9 Å². The number of pyridine rings is 1. The SMILES string of the molecule is Brc1ncccc1OCC1CO1. The van der Waals surface area contributed by atoms with Crippen LogP contribution >= 0.6 is 15.9 Å². The minimum atomic E-state index is 0.289. The van der Waals surface area contributed by atoms with Gasteiger partial charge in [-0.1, -0.05) is 0 Å². The van der Waals surface area contributed by atoms with Gasteiger partial charge in [0.2, 0.25) is 0 Å². The Balaban J connectivity index is 1.96. The van der Waals surface area contributed by atoms with E-state index in [4.69, 9.17) is 9.47 Å². The highest BCUT2D eigenvalue weighted by Crippen LogP contribution is 2.22. The van der Waals surface area contributed by atoms with E-state index in [-0.39, 0.29) is 6.10 Å². The van der Waals surface area contributed by atoms with Gasteiger partial charge in [0.25, 0.3) is 0 Å². The average Bonchev–Trinajstić information content (AvgIpc) is 2.86. The first-order valence-electron chi connectivity index (χ1n) is 3.71. The maximum atomic E-state index is 5.43. The van der Waals surface area contributed by atoms with E-state index in [1.807, 2.05) is 12.1 Å². The van der Waals surface area contributed by atoms with Gasteiger partial charge in [0.1, 0.15) is 17.3 Å². The van der Waals surface area contributed by atoms with Crippen molar-refractivity contribution in [2.24, 2.45) is 0 Å². The van der Waals surface area contributed by atoms with Gasteiger partial charge in [-0.25, -0.2) is 4.98 Å². The maximum Gasteiger partial charge on any atom is 0.152 e. The third kappa shape index (κ3) is 1.95.